The van der Waals surface area contributed by atoms with Gasteiger partial charge in [-0.25, -0.2) is 4.39 Å². The van der Waals surface area contributed by atoms with Crippen LogP contribution in [0, 0.1) is 5.82 Å². The average Bonchev–Trinajstić information content (AvgIpc) is 3.01. The number of piperazine rings is 1. The maximum Gasteiger partial charge on any atom is 0.279 e. The van der Waals surface area contributed by atoms with Crippen LogP contribution in [0.4, 0.5) is 4.39 Å². The van der Waals surface area contributed by atoms with E-state index in [1.807, 2.05) is 7.05 Å². The van der Waals surface area contributed by atoms with Crippen molar-refractivity contribution in [2.75, 3.05) is 26.7 Å². The molecule has 1 aromatic carbocycles. The van der Waals surface area contributed by atoms with Crippen LogP contribution in [0.1, 0.15) is 37.3 Å². The first-order valence-electron chi connectivity index (χ1n) is 8.19. The number of nitrogens with one attached hydrogen (secondary N) is 1. The highest BCUT2D eigenvalue weighted by atomic mass is 32.2. The zero-order chi connectivity index (χ0) is 16.4. The zero-order valence-electron chi connectivity index (χ0n) is 13.4. The van der Waals surface area contributed by atoms with Crippen molar-refractivity contribution in [3.05, 3.63) is 35.6 Å². The van der Waals surface area contributed by atoms with Crippen LogP contribution >= 0.6 is 0 Å². The highest BCUT2D eigenvalue weighted by Crippen LogP contribution is 2.26. The van der Waals surface area contributed by atoms with Crippen LogP contribution < -0.4 is 4.72 Å². The van der Waals surface area contributed by atoms with E-state index in [4.69, 9.17) is 0 Å². The molecule has 0 spiro atoms. The van der Waals surface area contributed by atoms with E-state index in [1.54, 1.807) is 12.1 Å². The van der Waals surface area contributed by atoms with Crippen molar-refractivity contribution in [2.24, 2.45) is 0 Å². The normalized spacial score (nSPS) is 25.0. The maximum absolute atomic E-state index is 13.1. The van der Waals surface area contributed by atoms with Gasteiger partial charge in [-0.05, 0) is 37.6 Å². The van der Waals surface area contributed by atoms with Crippen LogP contribution in [0.25, 0.3) is 0 Å². The molecule has 5 nitrogen and oxygen atoms in total. The summed E-state index contributed by atoms with van der Waals surface area (Å²) >= 11 is 0. The smallest absolute Gasteiger partial charge is 0.279 e. The molecule has 3 rings (SSSR count). The second kappa shape index (κ2) is 6.84. The highest BCUT2D eigenvalue weighted by Gasteiger charge is 2.34. The summed E-state index contributed by atoms with van der Waals surface area (Å²) in [7, 11) is -1.48. The third-order valence-corrected chi connectivity index (χ3v) is 6.52. The van der Waals surface area contributed by atoms with Crippen molar-refractivity contribution >= 4 is 10.2 Å². The van der Waals surface area contributed by atoms with Crippen LogP contribution in [0.3, 0.4) is 0 Å². The van der Waals surface area contributed by atoms with Gasteiger partial charge in [-0.1, -0.05) is 25.0 Å². The van der Waals surface area contributed by atoms with Gasteiger partial charge in [0.1, 0.15) is 5.82 Å². The van der Waals surface area contributed by atoms with E-state index in [-0.39, 0.29) is 17.9 Å². The van der Waals surface area contributed by atoms with Gasteiger partial charge in [0.25, 0.3) is 10.2 Å². The molecule has 2 aliphatic rings. The molecule has 1 aliphatic heterocycles. The van der Waals surface area contributed by atoms with Crippen molar-refractivity contribution in [1.82, 2.24) is 13.9 Å². The van der Waals surface area contributed by atoms with Gasteiger partial charge in [-0.3, -0.25) is 4.90 Å². The largest absolute Gasteiger partial charge is 0.297 e. The SMILES string of the molecule is CN1CCN(S(=O)(=O)NC2CCCC2)CC1c1ccc(F)cc1. The Balaban J connectivity index is 1.72. The molecule has 7 heteroatoms. The van der Waals surface area contributed by atoms with Gasteiger partial charge in [0.15, 0.2) is 0 Å². The Morgan fingerprint density at radius 3 is 2.43 bits per heavy atom. The molecular weight excluding hydrogens is 317 g/mol. The number of halogens is 1. The average molecular weight is 341 g/mol. The van der Waals surface area contributed by atoms with Gasteiger partial charge in [-0.2, -0.15) is 17.4 Å². The Labute approximate surface area is 137 Å². The Morgan fingerprint density at radius 1 is 1.13 bits per heavy atom. The van der Waals surface area contributed by atoms with E-state index in [9.17, 15) is 12.8 Å². The first-order valence-corrected chi connectivity index (χ1v) is 9.63. The van der Waals surface area contributed by atoms with Gasteiger partial charge in [-0.15, -0.1) is 0 Å². The maximum atomic E-state index is 13.1. The van der Waals surface area contributed by atoms with Crippen LogP contribution in [0.5, 0.6) is 0 Å². The van der Waals surface area contributed by atoms with Crippen LogP contribution in [-0.2, 0) is 10.2 Å². The fraction of sp³-hybridized carbons (Fsp3) is 0.625. The molecule has 1 N–H and O–H groups in total. The quantitative estimate of drug-likeness (QED) is 0.910. The molecule has 0 aromatic heterocycles. The van der Waals surface area contributed by atoms with E-state index in [2.05, 4.69) is 9.62 Å². The molecule has 1 saturated heterocycles. The van der Waals surface area contributed by atoms with Gasteiger partial charge in [0, 0.05) is 31.7 Å². The first kappa shape index (κ1) is 16.8. The predicted molar refractivity (Wildman–Crippen MR) is 87.7 cm³/mol. The van der Waals surface area contributed by atoms with Crippen LogP contribution in [-0.4, -0.2) is 50.3 Å². The molecule has 23 heavy (non-hydrogen) atoms. The number of benzene rings is 1. The number of likely N-dealkylation sites (N-methyl/N-ethyl adjacent to an activating group) is 1. The molecule has 1 heterocycles. The molecule has 2 fully saturated rings. The van der Waals surface area contributed by atoms with E-state index in [1.165, 1.54) is 16.4 Å². The van der Waals surface area contributed by atoms with Crippen LogP contribution in [0.15, 0.2) is 24.3 Å². The van der Waals surface area contributed by atoms with Gasteiger partial charge in [0.2, 0.25) is 0 Å². The number of hydrogen-bond acceptors (Lipinski definition) is 3. The monoisotopic (exact) mass is 341 g/mol. The fourth-order valence-corrected chi connectivity index (χ4v) is 4.91. The molecule has 1 atom stereocenters. The van der Waals surface area contributed by atoms with E-state index < -0.39 is 10.2 Å². The minimum Gasteiger partial charge on any atom is -0.297 e. The molecular formula is C16H24FN3O2S. The summed E-state index contributed by atoms with van der Waals surface area (Å²) in [6.07, 6.45) is 4.03. The summed E-state index contributed by atoms with van der Waals surface area (Å²) in [4.78, 5) is 2.12. The summed E-state index contributed by atoms with van der Waals surface area (Å²) in [6, 6.07) is 6.34. The van der Waals surface area contributed by atoms with Crippen LogP contribution in [0.2, 0.25) is 0 Å². The number of hydrogen-bond donors (Lipinski definition) is 1. The summed E-state index contributed by atoms with van der Waals surface area (Å²) in [5.41, 5.74) is 0.940. The fourth-order valence-electron chi connectivity index (χ4n) is 3.44. The van der Waals surface area contributed by atoms with Crippen molar-refractivity contribution in [1.29, 1.82) is 0 Å². The van der Waals surface area contributed by atoms with E-state index in [0.717, 1.165) is 31.2 Å². The second-order valence-electron chi connectivity index (χ2n) is 6.51. The molecule has 0 bridgehead atoms. The van der Waals surface area contributed by atoms with Crippen molar-refractivity contribution in [2.45, 2.75) is 37.8 Å². The Hall–Kier alpha value is -1.02. The van der Waals surface area contributed by atoms with Crippen molar-refractivity contribution < 1.29 is 12.8 Å². The second-order valence-corrected chi connectivity index (χ2v) is 8.21. The van der Waals surface area contributed by atoms with E-state index in [0.29, 0.717) is 19.6 Å². The molecule has 1 saturated carbocycles. The van der Waals surface area contributed by atoms with Gasteiger partial charge < -0.3 is 0 Å². The first-order chi connectivity index (χ1) is 11.0. The lowest BCUT2D eigenvalue weighted by molar-refractivity contribution is 0.147. The van der Waals surface area contributed by atoms with Gasteiger partial charge >= 0.3 is 0 Å². The minimum absolute atomic E-state index is 0.0514. The topological polar surface area (TPSA) is 52.7 Å². The third kappa shape index (κ3) is 3.91. The molecule has 0 radical (unpaired) electrons. The van der Waals surface area contributed by atoms with Gasteiger partial charge in [0.05, 0.1) is 0 Å². The third-order valence-electron chi connectivity index (χ3n) is 4.88. The molecule has 128 valence electrons. The Bertz CT molecular complexity index is 629. The molecule has 1 aromatic rings. The summed E-state index contributed by atoms with van der Waals surface area (Å²) in [5, 5.41) is 0. The van der Waals surface area contributed by atoms with E-state index >= 15 is 0 Å². The Morgan fingerprint density at radius 2 is 1.78 bits per heavy atom. The molecule has 1 aliphatic carbocycles. The lowest BCUT2D eigenvalue weighted by Crippen LogP contribution is -2.53. The summed E-state index contributed by atoms with van der Waals surface area (Å²) in [6.45, 7) is 1.54. The van der Waals surface area contributed by atoms with Crippen molar-refractivity contribution in [3.8, 4) is 0 Å². The number of nitrogens with zero attached hydrogens (tertiary/aromatic N) is 2. The molecule has 0 amide bonds. The standard InChI is InChI=1S/C16H24FN3O2S/c1-19-10-11-20(23(21,22)18-15-4-2-3-5-15)12-16(19)13-6-8-14(17)9-7-13/h6-9,15-16,18H,2-5,10-12H2,1H3. The highest BCUT2D eigenvalue weighted by molar-refractivity contribution is 7.87. The lowest BCUT2D eigenvalue weighted by Gasteiger charge is -2.39. The minimum atomic E-state index is -3.46. The summed E-state index contributed by atoms with van der Waals surface area (Å²) < 4.78 is 42.7. The predicted octanol–water partition coefficient (Wildman–Crippen LogP) is 1.89. The van der Waals surface area contributed by atoms with Crippen molar-refractivity contribution in [3.63, 3.8) is 0 Å². The zero-order valence-corrected chi connectivity index (χ0v) is 14.2. The lowest BCUT2D eigenvalue weighted by atomic mass is 10.0. The number of rotatable bonds is 4. The summed E-state index contributed by atoms with van der Waals surface area (Å²) in [5.74, 6) is -0.278. The molecule has 1 unspecified atom stereocenters. The Kier molecular flexibility index (Phi) is 5.01.